The number of nitrogens with one attached hydrogen (secondary N) is 1. The zero-order valence-electron chi connectivity index (χ0n) is 29.4. The van der Waals surface area contributed by atoms with E-state index in [1.165, 1.54) is 57.9 Å². The van der Waals surface area contributed by atoms with E-state index in [-0.39, 0.29) is 11.7 Å². The Labute approximate surface area is 274 Å². The largest absolute Gasteiger partial charge is 0.337 e. The number of rotatable bonds is 9. The Kier molecular flexibility index (Phi) is 17.0. The van der Waals surface area contributed by atoms with Crippen molar-refractivity contribution >= 4 is 27.6 Å². The zero-order chi connectivity index (χ0) is 32.3. The quantitative estimate of drug-likeness (QED) is 0.198. The van der Waals surface area contributed by atoms with Gasteiger partial charge in [0.15, 0.2) is 5.78 Å². The van der Waals surface area contributed by atoms with Crippen LogP contribution in [0.15, 0.2) is 12.7 Å². The fraction of sp³-hybridized carbons (Fsp3) is 0.892. The van der Waals surface area contributed by atoms with E-state index >= 15 is 0 Å². The first-order valence-corrected chi connectivity index (χ1v) is 19.0. The highest BCUT2D eigenvalue weighted by molar-refractivity contribution is 9.09. The number of hydrogen-bond acceptors (Lipinski definition) is 4. The Morgan fingerprint density at radius 2 is 1.56 bits per heavy atom. The monoisotopic (exact) mass is 665 g/mol. The van der Waals surface area contributed by atoms with Gasteiger partial charge in [0, 0.05) is 42.1 Å². The van der Waals surface area contributed by atoms with Crippen LogP contribution in [0.5, 0.6) is 0 Å². The highest BCUT2D eigenvalue weighted by Gasteiger charge is 2.49. The average Bonchev–Trinajstić information content (AvgIpc) is 3.52. The molecule has 0 radical (unpaired) electrons. The number of carbonyl (C=O) groups excluding carboxylic acids is 2. The van der Waals surface area contributed by atoms with Crippen molar-refractivity contribution < 1.29 is 9.59 Å². The summed E-state index contributed by atoms with van der Waals surface area (Å²) in [6, 6.07) is 1.83. The lowest BCUT2D eigenvalue weighted by molar-refractivity contribution is -0.148. The van der Waals surface area contributed by atoms with Gasteiger partial charge >= 0.3 is 0 Å². The molecule has 0 spiro atoms. The van der Waals surface area contributed by atoms with Crippen molar-refractivity contribution in [3.8, 4) is 0 Å². The van der Waals surface area contributed by atoms with Crippen LogP contribution in [-0.2, 0) is 9.59 Å². The molecule has 2 heterocycles. The van der Waals surface area contributed by atoms with Gasteiger partial charge in [-0.05, 0) is 114 Å². The first kappa shape index (κ1) is 38.5. The molecule has 1 amide bonds. The molecule has 2 saturated heterocycles. The van der Waals surface area contributed by atoms with Crippen LogP contribution >= 0.6 is 15.9 Å². The van der Waals surface area contributed by atoms with E-state index in [0.29, 0.717) is 46.7 Å². The van der Waals surface area contributed by atoms with Gasteiger partial charge in [0.2, 0.25) is 5.91 Å². The van der Waals surface area contributed by atoms with Gasteiger partial charge in [-0.3, -0.25) is 14.5 Å². The van der Waals surface area contributed by atoms with Crippen molar-refractivity contribution in [1.29, 1.82) is 0 Å². The molecule has 43 heavy (non-hydrogen) atoms. The Balaban J connectivity index is 0.000000836. The van der Waals surface area contributed by atoms with Crippen LogP contribution in [0.1, 0.15) is 127 Å². The van der Waals surface area contributed by atoms with Gasteiger partial charge in [0.1, 0.15) is 0 Å². The summed E-state index contributed by atoms with van der Waals surface area (Å²) in [6.45, 7) is 26.2. The lowest BCUT2D eigenvalue weighted by atomic mass is 9.73. The second-order valence-corrected chi connectivity index (χ2v) is 15.3. The number of alkyl halides is 1. The molecule has 1 N–H and O–H groups in total. The van der Waals surface area contributed by atoms with Crippen LogP contribution in [0.3, 0.4) is 0 Å². The highest BCUT2D eigenvalue weighted by atomic mass is 79.9. The van der Waals surface area contributed by atoms with E-state index in [9.17, 15) is 9.59 Å². The molecule has 8 unspecified atom stereocenters. The van der Waals surface area contributed by atoms with Gasteiger partial charge in [0.05, 0.1) is 5.92 Å². The van der Waals surface area contributed by atoms with Crippen LogP contribution in [0.4, 0.5) is 0 Å². The van der Waals surface area contributed by atoms with Crippen molar-refractivity contribution in [2.45, 2.75) is 156 Å². The zero-order valence-corrected chi connectivity index (χ0v) is 31.0. The minimum absolute atomic E-state index is 0.0185. The van der Waals surface area contributed by atoms with Crippen LogP contribution < -0.4 is 5.32 Å². The van der Waals surface area contributed by atoms with Crippen molar-refractivity contribution in [3.05, 3.63) is 12.7 Å². The number of halogens is 1. The fourth-order valence-electron chi connectivity index (χ4n) is 8.87. The standard InChI is InChI=1S/C31H56BrN3O.C4H6O.C2H6/c1-7-9-21(5)30-28(8-2)35(31(36)26-14-15-27(32)25-16-17-33-29(25)26)19-18-34(30)22(6)24-12-10-23(11-13-24)20(3)4;1-3-4(2)5;1-2/h20-30,33H,7-19H2,1-6H3;3H,1H2,2H3;1-2H3. The minimum atomic E-state index is 0.0185. The minimum Gasteiger partial charge on any atom is -0.337 e. The van der Waals surface area contributed by atoms with Crippen molar-refractivity contribution in [2.24, 2.45) is 35.5 Å². The maximum atomic E-state index is 14.2. The Morgan fingerprint density at radius 1 is 0.953 bits per heavy atom. The Morgan fingerprint density at radius 3 is 2.09 bits per heavy atom. The van der Waals surface area contributed by atoms with Gasteiger partial charge in [-0.25, -0.2) is 0 Å². The molecule has 2 aliphatic heterocycles. The number of ketones is 1. The summed E-state index contributed by atoms with van der Waals surface area (Å²) >= 11 is 3.94. The predicted octanol–water partition coefficient (Wildman–Crippen LogP) is 8.50. The number of hydrogen-bond donors (Lipinski definition) is 1. The molecule has 4 aliphatic rings. The summed E-state index contributed by atoms with van der Waals surface area (Å²) in [7, 11) is 0. The molecule has 4 rings (SSSR count). The molecule has 5 nitrogen and oxygen atoms in total. The number of piperazine rings is 1. The summed E-state index contributed by atoms with van der Waals surface area (Å²) in [6.07, 6.45) is 13.8. The molecule has 0 aromatic carbocycles. The van der Waals surface area contributed by atoms with Crippen molar-refractivity contribution in [2.75, 3.05) is 19.6 Å². The van der Waals surface area contributed by atoms with E-state index in [4.69, 9.17) is 0 Å². The third-order valence-electron chi connectivity index (χ3n) is 11.3. The molecular weight excluding hydrogens is 598 g/mol. The van der Waals surface area contributed by atoms with Gasteiger partial charge in [-0.1, -0.05) is 77.4 Å². The van der Waals surface area contributed by atoms with Crippen LogP contribution in [-0.4, -0.2) is 70.1 Å². The smallest absolute Gasteiger partial charge is 0.227 e. The molecule has 4 fully saturated rings. The molecule has 8 atom stereocenters. The lowest BCUT2D eigenvalue weighted by Crippen LogP contribution is -2.67. The molecule has 0 aromatic rings. The Bertz CT molecular complexity index is 842. The van der Waals surface area contributed by atoms with Crippen molar-refractivity contribution in [3.63, 3.8) is 0 Å². The normalized spacial score (nSPS) is 34.2. The second kappa shape index (κ2) is 19.1. The van der Waals surface area contributed by atoms with Crippen molar-refractivity contribution in [1.82, 2.24) is 15.1 Å². The van der Waals surface area contributed by atoms with Gasteiger partial charge in [-0.15, -0.1) is 0 Å². The summed E-state index contributed by atoms with van der Waals surface area (Å²) in [5, 5.41) is 3.74. The molecular formula is C37H68BrN3O2. The van der Waals surface area contributed by atoms with E-state index < -0.39 is 0 Å². The summed E-state index contributed by atoms with van der Waals surface area (Å²) in [5.41, 5.74) is 0. The Hall–Kier alpha value is -0.720. The predicted molar refractivity (Wildman–Crippen MR) is 188 cm³/mol. The number of allylic oxidation sites excluding steroid dienone is 1. The van der Waals surface area contributed by atoms with E-state index in [1.807, 2.05) is 13.8 Å². The first-order valence-electron chi connectivity index (χ1n) is 18.1. The molecule has 2 saturated carbocycles. The number of amides is 1. The molecule has 6 heteroatoms. The number of fused-ring (bicyclic) bond motifs is 1. The van der Waals surface area contributed by atoms with E-state index in [0.717, 1.165) is 56.7 Å². The second-order valence-electron chi connectivity index (χ2n) is 14.1. The number of carbonyl (C=O) groups is 2. The topological polar surface area (TPSA) is 52.7 Å². The molecule has 2 aliphatic carbocycles. The maximum absolute atomic E-state index is 14.2. The van der Waals surface area contributed by atoms with Gasteiger partial charge in [0.25, 0.3) is 0 Å². The van der Waals surface area contributed by atoms with Gasteiger partial charge < -0.3 is 10.2 Å². The van der Waals surface area contributed by atoms with Crippen LogP contribution in [0.25, 0.3) is 0 Å². The first-order chi connectivity index (χ1) is 20.5. The summed E-state index contributed by atoms with van der Waals surface area (Å²) in [5.74, 6) is 4.45. The van der Waals surface area contributed by atoms with Crippen LogP contribution in [0.2, 0.25) is 0 Å². The highest BCUT2D eigenvalue weighted by Crippen LogP contribution is 2.42. The molecule has 250 valence electrons. The molecule has 0 aromatic heterocycles. The summed E-state index contributed by atoms with van der Waals surface area (Å²) in [4.78, 5) is 29.8. The van der Waals surface area contributed by atoms with Crippen LogP contribution in [0, 0.1) is 35.5 Å². The number of nitrogens with zero attached hydrogens (tertiary/aromatic N) is 2. The van der Waals surface area contributed by atoms with E-state index in [2.05, 4.69) is 79.2 Å². The molecule has 0 bridgehead atoms. The van der Waals surface area contributed by atoms with E-state index in [1.54, 1.807) is 0 Å². The third kappa shape index (κ3) is 9.88. The fourth-order valence-corrected chi connectivity index (χ4v) is 9.73. The summed E-state index contributed by atoms with van der Waals surface area (Å²) < 4.78 is 0. The average molecular weight is 667 g/mol. The SMILES string of the molecule is C=CC(C)=O.CC.CCCC(C)C1C(CC)N(C(=O)C2CCC(Br)C3CCNC23)CCN1C(C)C1CCC(C(C)C)CC1. The maximum Gasteiger partial charge on any atom is 0.227 e. The van der Waals surface area contributed by atoms with Gasteiger partial charge in [-0.2, -0.15) is 0 Å². The third-order valence-corrected chi connectivity index (χ3v) is 12.5. The lowest BCUT2D eigenvalue weighted by Gasteiger charge is -2.54.